The number of rotatable bonds is 8. The minimum Gasteiger partial charge on any atom is -0.481 e. The highest BCUT2D eigenvalue weighted by atomic mass is 79.9. The summed E-state index contributed by atoms with van der Waals surface area (Å²) >= 11 is 13.3. The summed E-state index contributed by atoms with van der Waals surface area (Å²) in [5.41, 5.74) is 1.43. The number of hydrogen-bond acceptors (Lipinski definition) is 3. The quantitative estimate of drug-likeness (QED) is 0.426. The number of aliphatic carboxylic acids is 1. The van der Waals surface area contributed by atoms with Gasteiger partial charge < -0.3 is 15.2 Å². The van der Waals surface area contributed by atoms with Crippen LogP contribution in [0.15, 0.2) is 45.3 Å². The Bertz CT molecular complexity index is 821. The monoisotopic (exact) mass is 517 g/mol. The summed E-state index contributed by atoms with van der Waals surface area (Å²) in [6.45, 7) is 1.78. The van der Waals surface area contributed by atoms with Gasteiger partial charge in [0.15, 0.2) is 5.56 Å². The zero-order chi connectivity index (χ0) is 20.0. The molecule has 0 fully saturated rings. The van der Waals surface area contributed by atoms with Gasteiger partial charge in [0.2, 0.25) is 5.91 Å². The van der Waals surface area contributed by atoms with Crippen molar-refractivity contribution >= 4 is 61.0 Å². The van der Waals surface area contributed by atoms with Crippen LogP contribution >= 0.6 is 43.5 Å². The molecule has 0 heterocycles. The molecular formula is C19H18Br2ClNO4. The van der Waals surface area contributed by atoms with Gasteiger partial charge in [-0.2, -0.15) is 0 Å². The van der Waals surface area contributed by atoms with Crippen LogP contribution < -0.4 is 10.1 Å². The molecule has 0 bridgehead atoms. The standard InChI is InChI=1S/C19H18Br2ClNO4/c1-2-16(24)23-13-5-3-4-12(10-13)19(22)27-18-14(20)8-11(9-15(18)21)6-7-17(25)26/h3-5,8-10,19H,2,6-7H2,1H3,(H,23,24)(H,25,26). The number of amides is 1. The largest absolute Gasteiger partial charge is 0.481 e. The summed E-state index contributed by atoms with van der Waals surface area (Å²) in [4.78, 5) is 22.3. The Balaban J connectivity index is 2.15. The SMILES string of the molecule is CCC(=O)Nc1cccc(C(Cl)Oc2c(Br)cc(CCC(=O)O)cc2Br)c1. The number of carboxylic acid groups (broad SMARTS) is 1. The van der Waals surface area contributed by atoms with Crippen LogP contribution in [-0.2, 0) is 16.0 Å². The van der Waals surface area contributed by atoms with E-state index < -0.39 is 11.5 Å². The van der Waals surface area contributed by atoms with E-state index in [9.17, 15) is 9.59 Å². The maximum absolute atomic E-state index is 11.5. The second-order valence-corrected chi connectivity index (χ2v) is 7.85. The summed E-state index contributed by atoms with van der Waals surface area (Å²) in [6, 6.07) is 10.8. The van der Waals surface area contributed by atoms with Gasteiger partial charge in [0.25, 0.3) is 0 Å². The minimum absolute atomic E-state index is 0.0491. The van der Waals surface area contributed by atoms with Crippen LogP contribution in [-0.4, -0.2) is 17.0 Å². The van der Waals surface area contributed by atoms with Gasteiger partial charge in [0.1, 0.15) is 5.75 Å². The Hall–Kier alpha value is -1.57. The average Bonchev–Trinajstić information content (AvgIpc) is 2.62. The van der Waals surface area contributed by atoms with Gasteiger partial charge >= 0.3 is 5.97 Å². The Morgan fingerprint density at radius 3 is 2.48 bits per heavy atom. The van der Waals surface area contributed by atoms with E-state index in [4.69, 9.17) is 21.4 Å². The highest BCUT2D eigenvalue weighted by Crippen LogP contribution is 2.39. The summed E-state index contributed by atoms with van der Waals surface area (Å²) in [7, 11) is 0. The molecule has 1 unspecified atom stereocenters. The third kappa shape index (κ3) is 6.52. The fourth-order valence-corrected chi connectivity index (χ4v) is 3.99. The Morgan fingerprint density at radius 2 is 1.89 bits per heavy atom. The molecule has 0 saturated heterocycles. The zero-order valence-electron chi connectivity index (χ0n) is 14.5. The van der Waals surface area contributed by atoms with Gasteiger partial charge in [0, 0.05) is 24.1 Å². The van der Waals surface area contributed by atoms with Crippen molar-refractivity contribution in [3.8, 4) is 5.75 Å². The van der Waals surface area contributed by atoms with Crippen LogP contribution in [0.5, 0.6) is 5.75 Å². The number of benzene rings is 2. The molecule has 5 nitrogen and oxygen atoms in total. The van der Waals surface area contributed by atoms with Crippen LogP contribution in [0.1, 0.15) is 36.5 Å². The number of alkyl halides is 1. The molecule has 0 aliphatic rings. The number of carbonyl (C=O) groups excluding carboxylic acids is 1. The molecule has 0 aromatic heterocycles. The van der Waals surface area contributed by atoms with E-state index in [1.807, 2.05) is 18.2 Å². The van der Waals surface area contributed by atoms with Crippen molar-refractivity contribution in [3.63, 3.8) is 0 Å². The van der Waals surface area contributed by atoms with Crippen LogP contribution in [0, 0.1) is 0 Å². The normalized spacial score (nSPS) is 11.7. The van der Waals surface area contributed by atoms with Gasteiger partial charge in [-0.05, 0) is 68.1 Å². The molecule has 27 heavy (non-hydrogen) atoms. The van der Waals surface area contributed by atoms with E-state index >= 15 is 0 Å². The molecule has 0 spiro atoms. The van der Waals surface area contributed by atoms with Crippen molar-refractivity contribution in [2.24, 2.45) is 0 Å². The summed E-state index contributed by atoms with van der Waals surface area (Å²) in [5.74, 6) is -0.419. The zero-order valence-corrected chi connectivity index (χ0v) is 18.4. The molecule has 2 aromatic rings. The average molecular weight is 520 g/mol. The Kier molecular flexibility index (Phi) is 8.13. The van der Waals surface area contributed by atoms with E-state index in [-0.39, 0.29) is 12.3 Å². The first kappa shape index (κ1) is 21.7. The number of nitrogens with one attached hydrogen (secondary N) is 1. The lowest BCUT2D eigenvalue weighted by molar-refractivity contribution is -0.137. The number of aryl methyl sites for hydroxylation is 1. The number of carboxylic acids is 1. The molecule has 0 radical (unpaired) electrons. The van der Waals surface area contributed by atoms with Crippen molar-refractivity contribution in [2.45, 2.75) is 31.7 Å². The second kappa shape index (κ2) is 10.1. The van der Waals surface area contributed by atoms with Crippen molar-refractivity contribution in [1.82, 2.24) is 0 Å². The summed E-state index contributed by atoms with van der Waals surface area (Å²) in [5, 5.41) is 11.6. The first-order valence-electron chi connectivity index (χ1n) is 8.20. The van der Waals surface area contributed by atoms with Gasteiger partial charge in [-0.3, -0.25) is 9.59 Å². The first-order chi connectivity index (χ1) is 12.8. The van der Waals surface area contributed by atoms with Gasteiger partial charge in [-0.25, -0.2) is 0 Å². The molecular weight excluding hydrogens is 501 g/mol. The number of hydrogen-bond donors (Lipinski definition) is 2. The lowest BCUT2D eigenvalue weighted by Gasteiger charge is -2.17. The van der Waals surface area contributed by atoms with E-state index in [0.29, 0.717) is 38.8 Å². The highest BCUT2D eigenvalue weighted by Gasteiger charge is 2.16. The van der Waals surface area contributed by atoms with Gasteiger partial charge in [-0.1, -0.05) is 30.7 Å². The van der Waals surface area contributed by atoms with Crippen molar-refractivity contribution in [2.75, 3.05) is 5.32 Å². The van der Waals surface area contributed by atoms with Crippen LogP contribution in [0.3, 0.4) is 0 Å². The Morgan fingerprint density at radius 1 is 1.22 bits per heavy atom. The molecule has 144 valence electrons. The van der Waals surface area contributed by atoms with Gasteiger partial charge in [-0.15, -0.1) is 0 Å². The van der Waals surface area contributed by atoms with Crippen molar-refractivity contribution < 1.29 is 19.4 Å². The molecule has 2 aromatic carbocycles. The third-order valence-corrected chi connectivity index (χ3v) is 5.18. The lowest BCUT2D eigenvalue weighted by Crippen LogP contribution is -2.10. The predicted octanol–water partition coefficient (Wildman–Crippen LogP) is 5.89. The lowest BCUT2D eigenvalue weighted by atomic mass is 10.1. The number of carbonyl (C=O) groups is 2. The summed E-state index contributed by atoms with van der Waals surface area (Å²) in [6.07, 6.45) is 0.850. The van der Waals surface area contributed by atoms with Gasteiger partial charge in [0.05, 0.1) is 8.95 Å². The molecule has 2 rings (SSSR count). The minimum atomic E-state index is -0.849. The molecule has 8 heteroatoms. The smallest absolute Gasteiger partial charge is 0.303 e. The van der Waals surface area contributed by atoms with Crippen LogP contribution in [0.2, 0.25) is 0 Å². The fourth-order valence-electron chi connectivity index (χ4n) is 2.30. The maximum Gasteiger partial charge on any atom is 0.303 e. The molecule has 1 amide bonds. The van der Waals surface area contributed by atoms with Crippen molar-refractivity contribution in [1.29, 1.82) is 0 Å². The topological polar surface area (TPSA) is 75.6 Å². The third-order valence-electron chi connectivity index (χ3n) is 3.66. The van der Waals surface area contributed by atoms with Crippen LogP contribution in [0.25, 0.3) is 0 Å². The number of halogens is 3. The molecule has 0 aliphatic heterocycles. The summed E-state index contributed by atoms with van der Waals surface area (Å²) < 4.78 is 7.20. The van der Waals surface area contributed by atoms with Crippen LogP contribution in [0.4, 0.5) is 5.69 Å². The maximum atomic E-state index is 11.5. The fraction of sp³-hybridized carbons (Fsp3) is 0.263. The van der Waals surface area contributed by atoms with E-state index in [1.165, 1.54) is 0 Å². The molecule has 1 atom stereocenters. The second-order valence-electron chi connectivity index (χ2n) is 5.74. The number of ether oxygens (including phenoxy) is 1. The molecule has 2 N–H and O–H groups in total. The van der Waals surface area contributed by atoms with E-state index in [2.05, 4.69) is 37.2 Å². The first-order valence-corrected chi connectivity index (χ1v) is 10.2. The molecule has 0 saturated carbocycles. The Labute approximate surface area is 179 Å². The van der Waals surface area contributed by atoms with E-state index in [1.54, 1.807) is 25.1 Å². The van der Waals surface area contributed by atoms with E-state index in [0.717, 1.165) is 5.56 Å². The predicted molar refractivity (Wildman–Crippen MR) is 112 cm³/mol. The molecule has 0 aliphatic carbocycles. The number of anilines is 1. The highest BCUT2D eigenvalue weighted by molar-refractivity contribution is 9.11. The van der Waals surface area contributed by atoms with Crippen molar-refractivity contribution in [3.05, 3.63) is 56.5 Å².